The lowest BCUT2D eigenvalue weighted by Gasteiger charge is -2.09. The van der Waals surface area contributed by atoms with Crippen molar-refractivity contribution in [2.75, 3.05) is 0 Å². The smallest absolute Gasteiger partial charge is 0.212 e. The van der Waals surface area contributed by atoms with Crippen LogP contribution in [0.5, 0.6) is 0 Å². The molecule has 2 rings (SSSR count). The van der Waals surface area contributed by atoms with Gasteiger partial charge < -0.3 is 0 Å². The minimum absolute atomic E-state index is 0.156. The Morgan fingerprint density at radius 3 is 1.90 bits per heavy atom. The van der Waals surface area contributed by atoms with E-state index in [2.05, 4.69) is 4.72 Å². The predicted octanol–water partition coefficient (Wildman–Crippen LogP) is 3.61. The second kappa shape index (κ2) is 6.59. The third-order valence-electron chi connectivity index (χ3n) is 2.74. The first kappa shape index (κ1) is 15.3. The van der Waals surface area contributed by atoms with Gasteiger partial charge >= 0.3 is 0 Å². The summed E-state index contributed by atoms with van der Waals surface area (Å²) in [5.41, 5.74) is 1.30. The second-order valence-electron chi connectivity index (χ2n) is 4.26. The molecule has 6 heteroatoms. The van der Waals surface area contributed by atoms with Crippen LogP contribution in [-0.4, -0.2) is 8.42 Å². The Kier molecular flexibility index (Phi) is 5.05. The average Bonchev–Trinajstić information content (AvgIpc) is 2.40. The van der Waals surface area contributed by atoms with Crippen LogP contribution in [0.15, 0.2) is 48.5 Å². The quantitative estimate of drug-likeness (QED) is 0.910. The van der Waals surface area contributed by atoms with Crippen LogP contribution < -0.4 is 4.72 Å². The number of rotatable bonds is 5. The molecule has 0 fully saturated rings. The zero-order valence-electron chi connectivity index (χ0n) is 10.5. The Balaban J connectivity index is 2.05. The van der Waals surface area contributed by atoms with Crippen LogP contribution in [0.2, 0.25) is 10.0 Å². The van der Waals surface area contributed by atoms with Gasteiger partial charge in [0, 0.05) is 16.6 Å². The summed E-state index contributed by atoms with van der Waals surface area (Å²) in [4.78, 5) is 0. The Morgan fingerprint density at radius 1 is 0.850 bits per heavy atom. The number of hydrogen-bond acceptors (Lipinski definition) is 2. The molecule has 0 bridgehead atoms. The highest BCUT2D eigenvalue weighted by Gasteiger charge is 2.13. The third-order valence-corrected chi connectivity index (χ3v) is 4.76. The molecular formula is C14H13Cl2NO2S. The highest BCUT2D eigenvalue weighted by Crippen LogP contribution is 2.18. The molecule has 0 amide bonds. The highest BCUT2D eigenvalue weighted by molar-refractivity contribution is 7.88. The molecule has 0 saturated carbocycles. The van der Waals surface area contributed by atoms with E-state index in [1.54, 1.807) is 42.5 Å². The molecule has 2 aromatic rings. The molecule has 0 heterocycles. The number of sulfonamides is 1. The highest BCUT2D eigenvalue weighted by atomic mass is 35.5. The first-order valence-corrected chi connectivity index (χ1v) is 8.33. The topological polar surface area (TPSA) is 46.2 Å². The monoisotopic (exact) mass is 329 g/mol. The minimum atomic E-state index is -3.47. The fourth-order valence-corrected chi connectivity index (χ4v) is 3.32. The van der Waals surface area contributed by atoms with Crippen molar-refractivity contribution < 1.29 is 8.42 Å². The van der Waals surface area contributed by atoms with Crippen LogP contribution in [-0.2, 0) is 22.3 Å². The molecule has 0 aliphatic rings. The van der Waals surface area contributed by atoms with Crippen molar-refractivity contribution in [3.8, 4) is 0 Å². The summed E-state index contributed by atoms with van der Waals surface area (Å²) in [5.74, 6) is -0.156. The lowest BCUT2D eigenvalue weighted by Crippen LogP contribution is -2.25. The first-order valence-electron chi connectivity index (χ1n) is 5.92. The van der Waals surface area contributed by atoms with Crippen molar-refractivity contribution in [2.24, 2.45) is 0 Å². The summed E-state index contributed by atoms with van der Waals surface area (Å²) >= 11 is 11.9. The van der Waals surface area contributed by atoms with E-state index in [1.807, 2.05) is 6.07 Å². The first-order chi connectivity index (χ1) is 9.48. The second-order valence-corrected chi connectivity index (χ2v) is 6.88. The lowest BCUT2D eigenvalue weighted by molar-refractivity contribution is 0.580. The molecule has 0 radical (unpaired) electrons. The van der Waals surface area contributed by atoms with Gasteiger partial charge in [0.2, 0.25) is 10.0 Å². The fraction of sp³-hybridized carbons (Fsp3) is 0.143. The molecule has 0 aliphatic heterocycles. The van der Waals surface area contributed by atoms with Gasteiger partial charge in [-0.1, -0.05) is 59.6 Å². The fourth-order valence-electron chi connectivity index (χ4n) is 1.70. The van der Waals surface area contributed by atoms with Crippen molar-refractivity contribution >= 4 is 33.2 Å². The van der Waals surface area contributed by atoms with Gasteiger partial charge in [-0.15, -0.1) is 0 Å². The molecule has 1 N–H and O–H groups in total. The van der Waals surface area contributed by atoms with Crippen molar-refractivity contribution in [3.63, 3.8) is 0 Å². The molecule has 0 aliphatic carbocycles. The summed E-state index contributed by atoms with van der Waals surface area (Å²) in [6.45, 7) is 0.159. The average molecular weight is 330 g/mol. The Hall–Kier alpha value is -1.07. The Labute approximate surface area is 128 Å². The maximum Gasteiger partial charge on any atom is 0.216 e. The van der Waals surface area contributed by atoms with Crippen LogP contribution in [0, 0.1) is 0 Å². The van der Waals surface area contributed by atoms with Crippen molar-refractivity contribution in [1.29, 1.82) is 0 Å². The number of nitrogens with one attached hydrogen (secondary N) is 1. The standard InChI is InChI=1S/C14H13Cl2NO2S/c15-13-7-3-1-5-11(13)9-17-20(18,19)10-12-6-2-4-8-14(12)16/h1-8,17H,9-10H2. The molecule has 0 unspecified atom stereocenters. The van der Waals surface area contributed by atoms with Crippen LogP contribution in [0.3, 0.4) is 0 Å². The van der Waals surface area contributed by atoms with E-state index < -0.39 is 10.0 Å². The normalized spacial score (nSPS) is 11.5. The van der Waals surface area contributed by atoms with Gasteiger partial charge in [0.05, 0.1) is 5.75 Å². The third kappa shape index (κ3) is 4.21. The van der Waals surface area contributed by atoms with Crippen LogP contribution in [0.1, 0.15) is 11.1 Å². The van der Waals surface area contributed by atoms with Crippen LogP contribution in [0.25, 0.3) is 0 Å². The maximum atomic E-state index is 12.0. The van der Waals surface area contributed by atoms with Crippen molar-refractivity contribution in [2.45, 2.75) is 12.3 Å². The zero-order chi connectivity index (χ0) is 14.6. The molecular weight excluding hydrogens is 317 g/mol. The van der Waals surface area contributed by atoms with Gasteiger partial charge in [0.15, 0.2) is 0 Å². The molecule has 0 spiro atoms. The summed E-state index contributed by atoms with van der Waals surface area (Å²) in [7, 11) is -3.47. The lowest BCUT2D eigenvalue weighted by atomic mass is 10.2. The molecule has 2 aromatic carbocycles. The van der Waals surface area contributed by atoms with E-state index in [-0.39, 0.29) is 12.3 Å². The van der Waals surface area contributed by atoms with Crippen molar-refractivity contribution in [1.82, 2.24) is 4.72 Å². The van der Waals surface area contributed by atoms with E-state index >= 15 is 0 Å². The molecule has 20 heavy (non-hydrogen) atoms. The molecule has 0 saturated heterocycles. The van der Waals surface area contributed by atoms with E-state index in [4.69, 9.17) is 23.2 Å². The summed E-state index contributed by atoms with van der Waals surface area (Å²) in [5, 5.41) is 0.976. The van der Waals surface area contributed by atoms with Gasteiger partial charge in [-0.2, -0.15) is 0 Å². The summed E-state index contributed by atoms with van der Waals surface area (Å²) < 4.78 is 26.6. The molecule has 3 nitrogen and oxygen atoms in total. The van der Waals surface area contributed by atoms with Gasteiger partial charge in [0.1, 0.15) is 0 Å². The van der Waals surface area contributed by atoms with Crippen LogP contribution >= 0.6 is 23.2 Å². The molecule has 106 valence electrons. The molecule has 0 aromatic heterocycles. The zero-order valence-corrected chi connectivity index (χ0v) is 12.8. The van der Waals surface area contributed by atoms with E-state index in [9.17, 15) is 8.42 Å². The van der Waals surface area contributed by atoms with E-state index in [0.717, 1.165) is 5.56 Å². The maximum absolute atomic E-state index is 12.0. The number of halogens is 2. The van der Waals surface area contributed by atoms with Gasteiger partial charge in [-0.05, 0) is 23.3 Å². The molecule has 0 atom stereocenters. The van der Waals surface area contributed by atoms with Crippen LogP contribution in [0.4, 0.5) is 0 Å². The largest absolute Gasteiger partial charge is 0.216 e. The number of hydrogen-bond donors (Lipinski definition) is 1. The van der Waals surface area contributed by atoms with Gasteiger partial charge in [0.25, 0.3) is 0 Å². The van der Waals surface area contributed by atoms with Crippen molar-refractivity contribution in [3.05, 3.63) is 69.7 Å². The Bertz CT molecular complexity index is 702. The predicted molar refractivity (Wildman–Crippen MR) is 82.4 cm³/mol. The Morgan fingerprint density at radius 2 is 1.35 bits per heavy atom. The van der Waals surface area contributed by atoms with Gasteiger partial charge in [-0.25, -0.2) is 13.1 Å². The SMILES string of the molecule is O=S(=O)(Cc1ccccc1Cl)NCc1ccccc1Cl. The summed E-state index contributed by atoms with van der Waals surface area (Å²) in [6, 6.07) is 14.0. The van der Waals surface area contributed by atoms with E-state index in [1.165, 1.54) is 0 Å². The van der Waals surface area contributed by atoms with E-state index in [0.29, 0.717) is 15.6 Å². The summed E-state index contributed by atoms with van der Waals surface area (Å²) in [6.07, 6.45) is 0. The van der Waals surface area contributed by atoms with Gasteiger partial charge in [-0.3, -0.25) is 0 Å². The minimum Gasteiger partial charge on any atom is -0.212 e. The number of benzene rings is 2.